The van der Waals surface area contributed by atoms with Crippen LogP contribution < -0.4 is 4.90 Å². The largest absolute Gasteiger partial charge is 0.315 e. The van der Waals surface area contributed by atoms with Gasteiger partial charge < -0.3 is 4.90 Å². The lowest BCUT2D eigenvalue weighted by Crippen LogP contribution is -3.13. The third-order valence-corrected chi connectivity index (χ3v) is 4.61. The Bertz CT molecular complexity index is 418. The van der Waals surface area contributed by atoms with Crippen molar-refractivity contribution in [1.29, 1.82) is 5.26 Å². The molecule has 1 N–H and O–H groups in total. The summed E-state index contributed by atoms with van der Waals surface area (Å²) in [5.74, 6) is 2.19. The Labute approximate surface area is 115 Å². The van der Waals surface area contributed by atoms with Crippen molar-refractivity contribution in [3.63, 3.8) is 0 Å². The lowest BCUT2D eigenvalue weighted by molar-refractivity contribution is -0.919. The molecule has 2 rings (SSSR count). The summed E-state index contributed by atoms with van der Waals surface area (Å²) in [5, 5.41) is 10.6. The van der Waals surface area contributed by atoms with Gasteiger partial charge in [-0.3, -0.25) is 0 Å². The van der Waals surface area contributed by atoms with Gasteiger partial charge in [-0.05, 0) is 12.1 Å². The Hall–Kier alpha value is -0.400. The van der Waals surface area contributed by atoms with Gasteiger partial charge in [-0.1, -0.05) is 29.3 Å². The van der Waals surface area contributed by atoms with Crippen molar-refractivity contribution < 1.29 is 4.90 Å². The van der Waals surface area contributed by atoms with Crippen molar-refractivity contribution in [3.8, 4) is 6.07 Å². The van der Waals surface area contributed by atoms with E-state index in [4.69, 9.17) is 23.2 Å². The molecule has 1 atom stereocenters. The molecule has 0 spiro atoms. The molecule has 5 heteroatoms. The molecule has 1 saturated heterocycles. The van der Waals surface area contributed by atoms with Crippen molar-refractivity contribution in [2.45, 2.75) is 6.04 Å². The number of rotatable bonds is 2. The minimum atomic E-state index is -0.253. The summed E-state index contributed by atoms with van der Waals surface area (Å²) in [7, 11) is 0. The average molecular weight is 288 g/mol. The number of hydrogen-bond acceptors (Lipinski definition) is 2. The molecule has 1 aromatic carbocycles. The maximum Gasteiger partial charge on any atom is 0.203 e. The van der Waals surface area contributed by atoms with Gasteiger partial charge in [-0.15, -0.1) is 0 Å². The number of hydrogen-bond donors (Lipinski definition) is 1. The second kappa shape index (κ2) is 5.97. The fourth-order valence-corrected chi connectivity index (χ4v) is 3.70. The van der Waals surface area contributed by atoms with Crippen LogP contribution in [0.4, 0.5) is 0 Å². The molecule has 1 heterocycles. The molecular formula is C12H13Cl2N2S+. The van der Waals surface area contributed by atoms with Gasteiger partial charge in [-0.25, -0.2) is 0 Å². The van der Waals surface area contributed by atoms with Crippen molar-refractivity contribution in [3.05, 3.63) is 33.8 Å². The maximum absolute atomic E-state index is 9.39. The highest BCUT2D eigenvalue weighted by Gasteiger charge is 2.29. The molecular weight excluding hydrogens is 275 g/mol. The van der Waals surface area contributed by atoms with Gasteiger partial charge in [0, 0.05) is 11.5 Å². The van der Waals surface area contributed by atoms with Crippen molar-refractivity contribution in [1.82, 2.24) is 0 Å². The van der Waals surface area contributed by atoms with E-state index in [1.54, 1.807) is 12.1 Å². The summed E-state index contributed by atoms with van der Waals surface area (Å²) < 4.78 is 0. The molecule has 0 bridgehead atoms. The van der Waals surface area contributed by atoms with E-state index in [9.17, 15) is 5.26 Å². The van der Waals surface area contributed by atoms with Gasteiger partial charge in [0.15, 0.2) is 0 Å². The van der Waals surface area contributed by atoms with Gasteiger partial charge in [0.25, 0.3) is 0 Å². The number of quaternary nitrogens is 1. The molecule has 1 aliphatic heterocycles. The second-order valence-corrected chi connectivity index (χ2v) is 6.01. The van der Waals surface area contributed by atoms with E-state index in [0.29, 0.717) is 10.0 Å². The van der Waals surface area contributed by atoms with E-state index in [1.807, 2.05) is 17.8 Å². The number of nitriles is 1. The molecule has 0 aliphatic carbocycles. The number of nitrogens with one attached hydrogen (secondary N) is 1. The molecule has 0 aromatic heterocycles. The van der Waals surface area contributed by atoms with E-state index in [0.717, 1.165) is 30.2 Å². The second-order valence-electron chi connectivity index (χ2n) is 3.97. The topological polar surface area (TPSA) is 28.2 Å². The van der Waals surface area contributed by atoms with Crippen LogP contribution in [0.5, 0.6) is 0 Å². The monoisotopic (exact) mass is 287 g/mol. The molecule has 0 unspecified atom stereocenters. The molecule has 2 nitrogen and oxygen atoms in total. The molecule has 17 heavy (non-hydrogen) atoms. The first-order valence-electron chi connectivity index (χ1n) is 5.50. The van der Waals surface area contributed by atoms with Crippen LogP contribution in [0, 0.1) is 11.3 Å². The summed E-state index contributed by atoms with van der Waals surface area (Å²) in [5.41, 5.74) is 0.778. The van der Waals surface area contributed by atoms with E-state index >= 15 is 0 Å². The first kappa shape index (κ1) is 13.0. The minimum Gasteiger partial charge on any atom is -0.315 e. The summed E-state index contributed by atoms with van der Waals surface area (Å²) in [6.45, 7) is 1.98. The summed E-state index contributed by atoms with van der Waals surface area (Å²) in [6.07, 6.45) is 0. The molecule has 90 valence electrons. The fourth-order valence-electron chi connectivity index (χ4n) is 2.07. The van der Waals surface area contributed by atoms with E-state index in [1.165, 1.54) is 4.90 Å². The van der Waals surface area contributed by atoms with Gasteiger partial charge in [0.05, 0.1) is 28.7 Å². The highest BCUT2D eigenvalue weighted by molar-refractivity contribution is 7.99. The van der Waals surface area contributed by atoms with Gasteiger partial charge in [0.2, 0.25) is 6.04 Å². The van der Waals surface area contributed by atoms with Crippen LogP contribution in [0.3, 0.4) is 0 Å². The molecule has 1 aromatic rings. The average Bonchev–Trinajstić information content (AvgIpc) is 2.35. The van der Waals surface area contributed by atoms with Crippen molar-refractivity contribution in [2.75, 3.05) is 24.6 Å². The standard InChI is InChI=1S/C12H12Cl2N2S/c13-9-2-1-3-10(14)12(9)11(8-15)16-4-6-17-7-5-16/h1-3,11H,4-7H2/p+1/t11-/m0/s1. The van der Waals surface area contributed by atoms with Gasteiger partial charge in [-0.2, -0.15) is 17.0 Å². The predicted octanol–water partition coefficient (Wildman–Crippen LogP) is 2.19. The zero-order chi connectivity index (χ0) is 12.3. The minimum absolute atomic E-state index is 0.253. The van der Waals surface area contributed by atoms with Crippen LogP contribution in [-0.2, 0) is 0 Å². The molecule has 0 radical (unpaired) electrons. The van der Waals surface area contributed by atoms with Crippen molar-refractivity contribution >= 4 is 35.0 Å². The number of benzene rings is 1. The molecule has 1 aliphatic rings. The van der Waals surface area contributed by atoms with Gasteiger partial charge in [0.1, 0.15) is 6.07 Å². The Kier molecular flexibility index (Phi) is 4.58. The Morgan fingerprint density at radius 3 is 2.35 bits per heavy atom. The number of nitrogens with zero attached hydrogens (tertiary/aromatic N) is 1. The summed E-state index contributed by atoms with van der Waals surface area (Å²) in [4.78, 5) is 1.27. The quantitative estimate of drug-likeness (QED) is 0.903. The first-order valence-corrected chi connectivity index (χ1v) is 7.41. The summed E-state index contributed by atoms with van der Waals surface area (Å²) in [6, 6.07) is 7.51. The third-order valence-electron chi connectivity index (χ3n) is 2.96. The smallest absolute Gasteiger partial charge is 0.203 e. The van der Waals surface area contributed by atoms with E-state index in [-0.39, 0.29) is 6.04 Å². The zero-order valence-electron chi connectivity index (χ0n) is 9.25. The maximum atomic E-state index is 9.39. The normalized spacial score (nSPS) is 18.6. The fraction of sp³-hybridized carbons (Fsp3) is 0.417. The molecule has 1 fully saturated rings. The van der Waals surface area contributed by atoms with Crippen LogP contribution in [-0.4, -0.2) is 24.6 Å². The third kappa shape index (κ3) is 2.89. The van der Waals surface area contributed by atoms with E-state index < -0.39 is 0 Å². The number of halogens is 2. The molecule has 0 amide bonds. The predicted molar refractivity (Wildman–Crippen MR) is 72.8 cm³/mol. The molecule has 0 saturated carbocycles. The Morgan fingerprint density at radius 1 is 1.24 bits per heavy atom. The highest BCUT2D eigenvalue weighted by atomic mass is 35.5. The first-order chi connectivity index (χ1) is 8.24. The Balaban J connectivity index is 2.32. The van der Waals surface area contributed by atoms with Crippen LogP contribution >= 0.6 is 35.0 Å². The van der Waals surface area contributed by atoms with Crippen LogP contribution in [0.1, 0.15) is 11.6 Å². The zero-order valence-corrected chi connectivity index (χ0v) is 11.6. The van der Waals surface area contributed by atoms with E-state index in [2.05, 4.69) is 6.07 Å². The lowest BCUT2D eigenvalue weighted by Gasteiger charge is -2.28. The highest BCUT2D eigenvalue weighted by Crippen LogP contribution is 2.28. The van der Waals surface area contributed by atoms with Crippen molar-refractivity contribution in [2.24, 2.45) is 0 Å². The Morgan fingerprint density at radius 2 is 1.82 bits per heavy atom. The van der Waals surface area contributed by atoms with Gasteiger partial charge >= 0.3 is 0 Å². The van der Waals surface area contributed by atoms with Crippen LogP contribution in [0.15, 0.2) is 18.2 Å². The van der Waals surface area contributed by atoms with Crippen LogP contribution in [0.25, 0.3) is 0 Å². The lowest BCUT2D eigenvalue weighted by atomic mass is 10.1. The van der Waals surface area contributed by atoms with Crippen LogP contribution in [0.2, 0.25) is 10.0 Å². The SMILES string of the molecule is N#C[C@@H](c1c(Cl)cccc1Cl)[NH+]1CCSCC1. The summed E-state index contributed by atoms with van der Waals surface area (Å²) >= 11 is 14.3. The number of thioether (sulfide) groups is 1.